The second-order valence-electron chi connectivity index (χ2n) is 4.37. The molecule has 1 amide bonds. The number of rotatable bonds is 5. The quantitative estimate of drug-likeness (QED) is 0.625. The molecule has 0 unspecified atom stereocenters. The van der Waals surface area contributed by atoms with E-state index in [0.29, 0.717) is 17.7 Å². The molecule has 0 heterocycles. The summed E-state index contributed by atoms with van der Waals surface area (Å²) in [6, 6.07) is 5.44. The smallest absolute Gasteiger partial charge is 0.307 e. The van der Waals surface area contributed by atoms with Crippen molar-refractivity contribution in [1.29, 1.82) is 0 Å². The third-order valence-electron chi connectivity index (χ3n) is 2.66. The molecule has 1 aromatic rings. The van der Waals surface area contributed by atoms with Gasteiger partial charge in [0.15, 0.2) is 0 Å². The summed E-state index contributed by atoms with van der Waals surface area (Å²) in [6.07, 6.45) is 0.148. The molecule has 0 aliphatic heterocycles. The number of amides is 1. The van der Waals surface area contributed by atoms with Gasteiger partial charge < -0.3 is 15.8 Å². The van der Waals surface area contributed by atoms with E-state index in [0.717, 1.165) is 5.56 Å². The Kier molecular flexibility index (Phi) is 6.99. The van der Waals surface area contributed by atoms with Crippen molar-refractivity contribution < 1.29 is 14.3 Å². The van der Waals surface area contributed by atoms with Gasteiger partial charge in [0.05, 0.1) is 25.1 Å². The summed E-state index contributed by atoms with van der Waals surface area (Å²) in [4.78, 5) is 23.4. The van der Waals surface area contributed by atoms with E-state index < -0.39 is 0 Å². The van der Waals surface area contributed by atoms with Crippen molar-refractivity contribution in [2.45, 2.75) is 20.3 Å². The Hall–Kier alpha value is -2.32. The Morgan fingerprint density at radius 1 is 1.38 bits per heavy atom. The van der Waals surface area contributed by atoms with E-state index in [1.807, 2.05) is 13.0 Å². The zero-order valence-corrected chi connectivity index (χ0v) is 12.4. The summed E-state index contributed by atoms with van der Waals surface area (Å²) in [5.74, 6) is 5.02. The summed E-state index contributed by atoms with van der Waals surface area (Å²) in [5, 5.41) is 2.69. The standard InChI is InChI=1S/C16H20N2O3/c1-3-21-15(19)8-10-18-16(20)14-11-12(2)6-7-13(14)5-4-9-17/h6-7,11H,3,8-10,17H2,1-2H3,(H,18,20). The molecule has 21 heavy (non-hydrogen) atoms. The summed E-state index contributed by atoms with van der Waals surface area (Å²) in [5.41, 5.74) is 7.42. The first-order valence-electron chi connectivity index (χ1n) is 6.82. The lowest BCUT2D eigenvalue weighted by molar-refractivity contribution is -0.142. The molecule has 1 rings (SSSR count). The number of hydrogen-bond donors (Lipinski definition) is 2. The molecule has 0 fully saturated rings. The van der Waals surface area contributed by atoms with E-state index in [4.69, 9.17) is 10.5 Å². The number of nitrogens with one attached hydrogen (secondary N) is 1. The number of carbonyl (C=O) groups is 2. The van der Waals surface area contributed by atoms with Crippen LogP contribution in [0.5, 0.6) is 0 Å². The zero-order valence-electron chi connectivity index (χ0n) is 12.4. The molecule has 0 spiro atoms. The highest BCUT2D eigenvalue weighted by Gasteiger charge is 2.11. The molecule has 0 saturated carbocycles. The molecule has 0 radical (unpaired) electrons. The number of benzene rings is 1. The Morgan fingerprint density at radius 3 is 2.81 bits per heavy atom. The fourth-order valence-electron chi connectivity index (χ4n) is 1.71. The van der Waals surface area contributed by atoms with Gasteiger partial charge in [-0.05, 0) is 26.0 Å². The van der Waals surface area contributed by atoms with Crippen LogP contribution in [0.2, 0.25) is 0 Å². The first kappa shape index (κ1) is 16.7. The van der Waals surface area contributed by atoms with Crippen molar-refractivity contribution in [3.8, 4) is 11.8 Å². The van der Waals surface area contributed by atoms with Crippen LogP contribution in [0.1, 0.15) is 34.8 Å². The monoisotopic (exact) mass is 288 g/mol. The molecule has 0 atom stereocenters. The first-order chi connectivity index (χ1) is 10.1. The highest BCUT2D eigenvalue weighted by molar-refractivity contribution is 5.97. The molecule has 5 heteroatoms. The number of aryl methyl sites for hydroxylation is 1. The molecule has 0 aliphatic rings. The SMILES string of the molecule is CCOC(=O)CCNC(=O)c1cc(C)ccc1C#CCN. The Bertz CT molecular complexity index is 571. The van der Waals surface area contributed by atoms with Gasteiger partial charge in [-0.25, -0.2) is 0 Å². The molecule has 0 saturated heterocycles. The number of hydrogen-bond acceptors (Lipinski definition) is 4. The van der Waals surface area contributed by atoms with E-state index in [1.54, 1.807) is 19.1 Å². The minimum atomic E-state index is -0.329. The van der Waals surface area contributed by atoms with Crippen LogP contribution < -0.4 is 11.1 Å². The maximum Gasteiger partial charge on any atom is 0.307 e. The van der Waals surface area contributed by atoms with Crippen LogP contribution in [0.4, 0.5) is 0 Å². The average Bonchev–Trinajstić information content (AvgIpc) is 2.46. The topological polar surface area (TPSA) is 81.4 Å². The van der Waals surface area contributed by atoms with Crippen molar-refractivity contribution in [3.63, 3.8) is 0 Å². The zero-order chi connectivity index (χ0) is 15.7. The van der Waals surface area contributed by atoms with Crippen molar-refractivity contribution in [2.24, 2.45) is 5.73 Å². The minimum Gasteiger partial charge on any atom is -0.466 e. The van der Waals surface area contributed by atoms with Gasteiger partial charge in [0.1, 0.15) is 0 Å². The van der Waals surface area contributed by atoms with Crippen LogP contribution >= 0.6 is 0 Å². The second kappa shape index (κ2) is 8.77. The van der Waals surface area contributed by atoms with E-state index in [2.05, 4.69) is 17.2 Å². The van der Waals surface area contributed by atoms with Crippen molar-refractivity contribution in [3.05, 3.63) is 34.9 Å². The van der Waals surface area contributed by atoms with Crippen LogP contribution in [-0.4, -0.2) is 31.6 Å². The third-order valence-corrected chi connectivity index (χ3v) is 2.66. The normalized spacial score (nSPS) is 9.48. The van der Waals surface area contributed by atoms with Crippen molar-refractivity contribution in [1.82, 2.24) is 5.32 Å². The number of esters is 1. The molecule has 3 N–H and O–H groups in total. The highest BCUT2D eigenvalue weighted by Crippen LogP contribution is 2.10. The lowest BCUT2D eigenvalue weighted by Crippen LogP contribution is -2.27. The first-order valence-corrected chi connectivity index (χ1v) is 6.82. The van der Waals surface area contributed by atoms with Gasteiger partial charge in [0, 0.05) is 12.1 Å². The van der Waals surface area contributed by atoms with Gasteiger partial charge in [-0.2, -0.15) is 0 Å². The lowest BCUT2D eigenvalue weighted by atomic mass is 10.0. The minimum absolute atomic E-state index is 0.148. The van der Waals surface area contributed by atoms with Crippen LogP contribution in [0, 0.1) is 18.8 Å². The van der Waals surface area contributed by atoms with E-state index in [-0.39, 0.29) is 31.4 Å². The fraction of sp³-hybridized carbons (Fsp3) is 0.375. The van der Waals surface area contributed by atoms with E-state index in [1.165, 1.54) is 0 Å². The van der Waals surface area contributed by atoms with Gasteiger partial charge in [0.25, 0.3) is 5.91 Å². The predicted octanol–water partition coefficient (Wildman–Crippen LogP) is 0.988. The molecular formula is C16H20N2O3. The molecule has 1 aromatic carbocycles. The summed E-state index contributed by atoms with van der Waals surface area (Å²) < 4.78 is 4.80. The number of ether oxygens (including phenoxy) is 1. The molecule has 112 valence electrons. The lowest BCUT2D eigenvalue weighted by Gasteiger charge is -2.08. The highest BCUT2D eigenvalue weighted by atomic mass is 16.5. The van der Waals surface area contributed by atoms with Crippen LogP contribution in [0.3, 0.4) is 0 Å². The molecular weight excluding hydrogens is 268 g/mol. The summed E-state index contributed by atoms with van der Waals surface area (Å²) in [6.45, 7) is 4.44. The van der Waals surface area contributed by atoms with Crippen molar-refractivity contribution >= 4 is 11.9 Å². The summed E-state index contributed by atoms with van der Waals surface area (Å²) in [7, 11) is 0. The van der Waals surface area contributed by atoms with Crippen LogP contribution in [-0.2, 0) is 9.53 Å². The molecule has 0 aliphatic carbocycles. The number of carbonyl (C=O) groups excluding carboxylic acids is 2. The predicted molar refractivity (Wildman–Crippen MR) is 80.7 cm³/mol. The Labute approximate surface area is 124 Å². The van der Waals surface area contributed by atoms with Crippen molar-refractivity contribution in [2.75, 3.05) is 19.7 Å². The second-order valence-corrected chi connectivity index (χ2v) is 4.37. The van der Waals surface area contributed by atoms with E-state index >= 15 is 0 Å². The van der Waals surface area contributed by atoms with Crippen LogP contribution in [0.25, 0.3) is 0 Å². The Balaban J connectivity index is 2.72. The van der Waals surface area contributed by atoms with Gasteiger partial charge >= 0.3 is 5.97 Å². The maximum absolute atomic E-state index is 12.2. The van der Waals surface area contributed by atoms with Crippen LogP contribution in [0.15, 0.2) is 18.2 Å². The fourth-order valence-corrected chi connectivity index (χ4v) is 1.71. The van der Waals surface area contributed by atoms with Gasteiger partial charge in [0.2, 0.25) is 0 Å². The molecule has 5 nitrogen and oxygen atoms in total. The van der Waals surface area contributed by atoms with Gasteiger partial charge in [-0.3, -0.25) is 9.59 Å². The van der Waals surface area contributed by atoms with E-state index in [9.17, 15) is 9.59 Å². The molecule has 0 bridgehead atoms. The largest absolute Gasteiger partial charge is 0.466 e. The third kappa shape index (κ3) is 5.67. The van der Waals surface area contributed by atoms with Gasteiger partial charge in [-0.15, -0.1) is 0 Å². The summed E-state index contributed by atoms with van der Waals surface area (Å²) >= 11 is 0. The van der Waals surface area contributed by atoms with Gasteiger partial charge in [-0.1, -0.05) is 23.5 Å². The Morgan fingerprint density at radius 2 is 2.14 bits per heavy atom. The molecule has 0 aromatic heterocycles. The number of nitrogens with two attached hydrogens (primary N) is 1. The average molecular weight is 288 g/mol. The maximum atomic E-state index is 12.2.